The van der Waals surface area contributed by atoms with E-state index in [1.807, 2.05) is 13.0 Å². The van der Waals surface area contributed by atoms with E-state index in [1.165, 1.54) is 6.07 Å². The number of phenols is 1. The predicted octanol–water partition coefficient (Wildman–Crippen LogP) is 2.90. The number of aromatic hydroxyl groups is 1. The van der Waals surface area contributed by atoms with Crippen LogP contribution in [-0.4, -0.2) is 10.1 Å². The zero-order valence-electron chi connectivity index (χ0n) is 8.24. The lowest BCUT2D eigenvalue weighted by molar-refractivity contribution is 0.469. The molecule has 0 spiro atoms. The summed E-state index contributed by atoms with van der Waals surface area (Å²) in [6.45, 7) is 1.89. The number of aryl methyl sites for hydroxylation is 1. The molecule has 1 aromatic carbocycles. The molecule has 0 fully saturated rings. The Balaban J connectivity index is 2.60. The first-order valence-corrected chi connectivity index (χ1v) is 4.58. The average molecular weight is 203 g/mol. The van der Waals surface area contributed by atoms with Crippen molar-refractivity contribution in [1.29, 1.82) is 0 Å². The molecule has 0 saturated carbocycles. The van der Waals surface area contributed by atoms with Crippen molar-refractivity contribution in [2.45, 2.75) is 6.92 Å². The second-order valence-electron chi connectivity index (χ2n) is 3.35. The fourth-order valence-corrected chi connectivity index (χ4v) is 1.47. The molecule has 0 saturated heterocycles. The van der Waals surface area contributed by atoms with Gasteiger partial charge in [-0.15, -0.1) is 0 Å². The van der Waals surface area contributed by atoms with Gasteiger partial charge < -0.3 is 5.11 Å². The minimum atomic E-state index is -0.439. The smallest absolute Gasteiger partial charge is 0.134 e. The number of nitrogens with zero attached hydrogens (tertiary/aromatic N) is 1. The Labute approximate surface area is 87.0 Å². The number of pyridine rings is 1. The van der Waals surface area contributed by atoms with Gasteiger partial charge in [-0.2, -0.15) is 0 Å². The molecule has 15 heavy (non-hydrogen) atoms. The van der Waals surface area contributed by atoms with Gasteiger partial charge in [-0.3, -0.25) is 4.98 Å². The maximum atomic E-state index is 13.5. The number of rotatable bonds is 1. The third-order valence-electron chi connectivity index (χ3n) is 2.28. The Morgan fingerprint density at radius 1 is 1.20 bits per heavy atom. The highest BCUT2D eigenvalue weighted by molar-refractivity contribution is 5.67. The molecule has 0 aliphatic carbocycles. The molecule has 2 nitrogen and oxygen atoms in total. The number of benzene rings is 1. The van der Waals surface area contributed by atoms with Crippen molar-refractivity contribution in [1.82, 2.24) is 4.98 Å². The van der Waals surface area contributed by atoms with Crippen molar-refractivity contribution in [2.75, 3.05) is 0 Å². The van der Waals surface area contributed by atoms with Gasteiger partial charge in [0.2, 0.25) is 0 Å². The first-order chi connectivity index (χ1) is 7.18. The van der Waals surface area contributed by atoms with Gasteiger partial charge in [0.25, 0.3) is 0 Å². The van der Waals surface area contributed by atoms with Crippen LogP contribution in [0.3, 0.4) is 0 Å². The summed E-state index contributed by atoms with van der Waals surface area (Å²) in [5.74, 6) is -0.510. The van der Waals surface area contributed by atoms with E-state index in [2.05, 4.69) is 4.98 Å². The molecule has 0 aliphatic rings. The van der Waals surface area contributed by atoms with Crippen molar-refractivity contribution in [3.8, 4) is 16.9 Å². The van der Waals surface area contributed by atoms with Gasteiger partial charge in [0.05, 0.1) is 0 Å². The summed E-state index contributed by atoms with van der Waals surface area (Å²) in [5.41, 5.74) is 2.16. The Hall–Kier alpha value is -1.90. The largest absolute Gasteiger partial charge is 0.508 e. The number of hydrogen-bond acceptors (Lipinski definition) is 2. The van der Waals surface area contributed by atoms with Crippen molar-refractivity contribution < 1.29 is 9.50 Å². The highest BCUT2D eigenvalue weighted by Crippen LogP contribution is 2.27. The highest BCUT2D eigenvalue weighted by Gasteiger charge is 2.07. The second kappa shape index (κ2) is 3.69. The van der Waals surface area contributed by atoms with Gasteiger partial charge in [0, 0.05) is 29.6 Å². The van der Waals surface area contributed by atoms with Crippen LogP contribution in [0.4, 0.5) is 4.39 Å². The molecule has 0 unspecified atom stereocenters. The SMILES string of the molecule is Cc1ccncc1-c1ccc(O)cc1F. The third-order valence-corrected chi connectivity index (χ3v) is 2.28. The molecule has 1 heterocycles. The van der Waals surface area contributed by atoms with E-state index >= 15 is 0 Å². The average Bonchev–Trinajstić information content (AvgIpc) is 2.20. The summed E-state index contributed by atoms with van der Waals surface area (Å²) in [6.07, 6.45) is 3.28. The zero-order valence-corrected chi connectivity index (χ0v) is 8.24. The summed E-state index contributed by atoms with van der Waals surface area (Å²) in [6, 6.07) is 5.93. The van der Waals surface area contributed by atoms with E-state index in [0.717, 1.165) is 17.2 Å². The van der Waals surface area contributed by atoms with Crippen molar-refractivity contribution in [2.24, 2.45) is 0 Å². The van der Waals surface area contributed by atoms with E-state index in [-0.39, 0.29) is 5.75 Å². The Morgan fingerprint density at radius 3 is 2.67 bits per heavy atom. The quantitative estimate of drug-likeness (QED) is 0.773. The minimum Gasteiger partial charge on any atom is -0.508 e. The first-order valence-electron chi connectivity index (χ1n) is 4.58. The van der Waals surface area contributed by atoms with Gasteiger partial charge in [-0.25, -0.2) is 4.39 Å². The molecular weight excluding hydrogens is 193 g/mol. The number of aromatic nitrogens is 1. The molecule has 1 N–H and O–H groups in total. The van der Waals surface area contributed by atoms with E-state index in [0.29, 0.717) is 5.56 Å². The molecular formula is C12H10FNO. The van der Waals surface area contributed by atoms with Crippen molar-refractivity contribution in [3.05, 3.63) is 48.0 Å². The summed E-state index contributed by atoms with van der Waals surface area (Å²) in [7, 11) is 0. The Bertz CT molecular complexity index is 497. The highest BCUT2D eigenvalue weighted by atomic mass is 19.1. The molecule has 0 amide bonds. The van der Waals surface area contributed by atoms with Crippen LogP contribution in [0, 0.1) is 12.7 Å². The van der Waals surface area contributed by atoms with Gasteiger partial charge in [-0.1, -0.05) is 0 Å². The summed E-state index contributed by atoms with van der Waals surface area (Å²) in [5, 5.41) is 9.10. The standard InChI is InChI=1S/C12H10FNO/c1-8-4-5-14-7-11(8)10-3-2-9(15)6-12(10)13/h2-7,15H,1H3. The monoisotopic (exact) mass is 203 g/mol. The van der Waals surface area contributed by atoms with Crippen LogP contribution < -0.4 is 0 Å². The van der Waals surface area contributed by atoms with Crippen LogP contribution in [0.25, 0.3) is 11.1 Å². The topological polar surface area (TPSA) is 33.1 Å². The van der Waals surface area contributed by atoms with E-state index in [1.54, 1.807) is 18.5 Å². The molecule has 76 valence electrons. The predicted molar refractivity (Wildman–Crippen MR) is 56.0 cm³/mol. The van der Waals surface area contributed by atoms with Gasteiger partial charge >= 0.3 is 0 Å². The lowest BCUT2D eigenvalue weighted by atomic mass is 10.0. The molecule has 3 heteroatoms. The van der Waals surface area contributed by atoms with Crippen LogP contribution in [0.2, 0.25) is 0 Å². The molecule has 2 rings (SSSR count). The lowest BCUT2D eigenvalue weighted by Crippen LogP contribution is -1.88. The van der Waals surface area contributed by atoms with Crippen molar-refractivity contribution in [3.63, 3.8) is 0 Å². The Morgan fingerprint density at radius 2 is 2.00 bits per heavy atom. The van der Waals surface area contributed by atoms with Crippen molar-refractivity contribution >= 4 is 0 Å². The van der Waals surface area contributed by atoms with E-state index < -0.39 is 5.82 Å². The Kier molecular flexibility index (Phi) is 2.37. The van der Waals surface area contributed by atoms with Gasteiger partial charge in [0.1, 0.15) is 11.6 Å². The summed E-state index contributed by atoms with van der Waals surface area (Å²) < 4.78 is 13.5. The molecule has 0 aliphatic heterocycles. The van der Waals surface area contributed by atoms with E-state index in [4.69, 9.17) is 5.11 Å². The van der Waals surface area contributed by atoms with Crippen LogP contribution >= 0.6 is 0 Å². The molecule has 1 aromatic heterocycles. The van der Waals surface area contributed by atoms with Crippen LogP contribution in [0.15, 0.2) is 36.7 Å². The molecule has 0 bridgehead atoms. The molecule has 2 aromatic rings. The number of halogens is 1. The second-order valence-corrected chi connectivity index (χ2v) is 3.35. The number of phenolic OH excluding ortho intramolecular Hbond substituents is 1. The maximum absolute atomic E-state index is 13.5. The zero-order chi connectivity index (χ0) is 10.8. The normalized spacial score (nSPS) is 10.3. The molecule has 0 radical (unpaired) electrons. The van der Waals surface area contributed by atoms with Gasteiger partial charge in [-0.05, 0) is 30.7 Å². The minimum absolute atomic E-state index is 0.0715. The van der Waals surface area contributed by atoms with E-state index in [9.17, 15) is 4.39 Å². The fraction of sp³-hybridized carbons (Fsp3) is 0.0833. The van der Waals surface area contributed by atoms with Gasteiger partial charge in [0.15, 0.2) is 0 Å². The van der Waals surface area contributed by atoms with Crippen LogP contribution in [-0.2, 0) is 0 Å². The lowest BCUT2D eigenvalue weighted by Gasteiger charge is -2.06. The number of hydrogen-bond donors (Lipinski definition) is 1. The third kappa shape index (κ3) is 1.81. The summed E-state index contributed by atoms with van der Waals surface area (Å²) in [4.78, 5) is 3.96. The fourth-order valence-electron chi connectivity index (χ4n) is 1.47. The van der Waals surface area contributed by atoms with Crippen LogP contribution in [0.5, 0.6) is 5.75 Å². The first kappa shape index (κ1) is 9.65. The molecule has 0 atom stereocenters. The van der Waals surface area contributed by atoms with Crippen LogP contribution in [0.1, 0.15) is 5.56 Å². The summed E-state index contributed by atoms with van der Waals surface area (Å²) >= 11 is 0. The maximum Gasteiger partial charge on any atom is 0.134 e.